The minimum absolute atomic E-state index is 0.145. The van der Waals surface area contributed by atoms with Crippen molar-refractivity contribution in [3.8, 4) is 0 Å². The van der Waals surface area contributed by atoms with Crippen molar-refractivity contribution in [2.75, 3.05) is 19.6 Å². The summed E-state index contributed by atoms with van der Waals surface area (Å²) in [6, 6.07) is -0.853. The first-order valence-electron chi connectivity index (χ1n) is 6.49. The predicted octanol–water partition coefficient (Wildman–Crippen LogP) is -0.577. The topological polar surface area (TPSA) is 89.9 Å². The lowest BCUT2D eigenvalue weighted by atomic mass is 10.0. The number of rotatable bonds is 4. The molecule has 1 amide bonds. The second-order valence-electron chi connectivity index (χ2n) is 5.19. The molecule has 2 aliphatic rings. The maximum absolute atomic E-state index is 12.0. The Morgan fingerprint density at radius 2 is 2.17 bits per heavy atom. The molecule has 3 N–H and O–H groups in total. The van der Waals surface area contributed by atoms with Crippen molar-refractivity contribution in [1.29, 1.82) is 0 Å². The van der Waals surface area contributed by atoms with E-state index in [2.05, 4.69) is 5.32 Å². The smallest absolute Gasteiger partial charge is 0.326 e. The molecule has 102 valence electrons. The Kier molecular flexibility index (Phi) is 4.19. The van der Waals surface area contributed by atoms with Gasteiger partial charge < -0.3 is 20.4 Å². The van der Waals surface area contributed by atoms with E-state index in [0.717, 1.165) is 25.9 Å². The molecule has 18 heavy (non-hydrogen) atoms. The Labute approximate surface area is 106 Å². The van der Waals surface area contributed by atoms with Gasteiger partial charge in [0.05, 0.1) is 6.10 Å². The van der Waals surface area contributed by atoms with Gasteiger partial charge in [-0.1, -0.05) is 0 Å². The third kappa shape index (κ3) is 3.00. The second-order valence-corrected chi connectivity index (χ2v) is 5.19. The van der Waals surface area contributed by atoms with Crippen LogP contribution in [0.4, 0.5) is 0 Å². The standard InChI is InChI=1S/C12H20N2O4/c15-9-5-10(12(17)18)14(7-9)11(16)2-1-8-3-4-13-6-8/h8-10,13,15H,1-7H2,(H,17,18)/t8?,9-,10-/m0/s1. The first-order valence-corrected chi connectivity index (χ1v) is 6.49. The van der Waals surface area contributed by atoms with Crippen LogP contribution in [-0.4, -0.2) is 58.8 Å². The van der Waals surface area contributed by atoms with Crippen LogP contribution in [0.1, 0.15) is 25.7 Å². The monoisotopic (exact) mass is 256 g/mol. The molecule has 2 heterocycles. The first kappa shape index (κ1) is 13.3. The summed E-state index contributed by atoms with van der Waals surface area (Å²) >= 11 is 0. The molecule has 2 fully saturated rings. The van der Waals surface area contributed by atoms with Gasteiger partial charge in [-0.15, -0.1) is 0 Å². The Balaban J connectivity index is 1.85. The molecule has 0 aromatic carbocycles. The number of hydrogen-bond donors (Lipinski definition) is 3. The molecule has 0 aromatic heterocycles. The van der Waals surface area contributed by atoms with Crippen LogP contribution in [0, 0.1) is 5.92 Å². The molecule has 6 heteroatoms. The van der Waals surface area contributed by atoms with Crippen LogP contribution in [0.5, 0.6) is 0 Å². The number of hydrogen-bond acceptors (Lipinski definition) is 4. The van der Waals surface area contributed by atoms with Gasteiger partial charge in [0.25, 0.3) is 0 Å². The summed E-state index contributed by atoms with van der Waals surface area (Å²) in [7, 11) is 0. The number of β-amino-alcohol motifs (C(OH)–C–C–N with tert-alkyl or cyclic N) is 1. The van der Waals surface area contributed by atoms with Crippen LogP contribution < -0.4 is 5.32 Å². The fraction of sp³-hybridized carbons (Fsp3) is 0.833. The van der Waals surface area contributed by atoms with E-state index < -0.39 is 18.1 Å². The van der Waals surface area contributed by atoms with Crippen molar-refractivity contribution in [1.82, 2.24) is 10.2 Å². The predicted molar refractivity (Wildman–Crippen MR) is 64.0 cm³/mol. The van der Waals surface area contributed by atoms with Gasteiger partial charge >= 0.3 is 5.97 Å². The highest BCUT2D eigenvalue weighted by molar-refractivity contribution is 5.84. The molecule has 0 radical (unpaired) electrons. The van der Waals surface area contributed by atoms with Gasteiger partial charge in [-0.3, -0.25) is 4.79 Å². The number of aliphatic carboxylic acids is 1. The number of carbonyl (C=O) groups is 2. The van der Waals surface area contributed by atoms with Crippen LogP contribution in [0.2, 0.25) is 0 Å². The summed E-state index contributed by atoms with van der Waals surface area (Å²) in [5, 5.41) is 21.7. The maximum atomic E-state index is 12.0. The van der Waals surface area contributed by atoms with E-state index in [1.807, 2.05) is 0 Å². The lowest BCUT2D eigenvalue weighted by Gasteiger charge is -2.21. The average molecular weight is 256 g/mol. The quantitative estimate of drug-likeness (QED) is 0.626. The number of carbonyl (C=O) groups excluding carboxylic acids is 1. The maximum Gasteiger partial charge on any atom is 0.326 e. The number of carboxylic acid groups (broad SMARTS) is 1. The lowest BCUT2D eigenvalue weighted by molar-refractivity contribution is -0.148. The number of nitrogens with zero attached hydrogens (tertiary/aromatic N) is 1. The largest absolute Gasteiger partial charge is 0.480 e. The average Bonchev–Trinajstić information content (AvgIpc) is 2.94. The third-order valence-corrected chi connectivity index (χ3v) is 3.81. The number of amides is 1. The van der Waals surface area contributed by atoms with Gasteiger partial charge in [0.15, 0.2) is 0 Å². The zero-order valence-corrected chi connectivity index (χ0v) is 10.3. The third-order valence-electron chi connectivity index (χ3n) is 3.81. The van der Waals surface area contributed by atoms with E-state index in [1.54, 1.807) is 0 Å². The van der Waals surface area contributed by atoms with Crippen LogP contribution in [0.15, 0.2) is 0 Å². The van der Waals surface area contributed by atoms with Gasteiger partial charge in [0, 0.05) is 19.4 Å². The number of aliphatic hydroxyl groups is 1. The minimum atomic E-state index is -1.03. The van der Waals surface area contributed by atoms with Gasteiger partial charge in [0.1, 0.15) is 6.04 Å². The molecule has 1 unspecified atom stereocenters. The van der Waals surface area contributed by atoms with E-state index in [1.165, 1.54) is 4.90 Å². The van der Waals surface area contributed by atoms with Gasteiger partial charge in [-0.2, -0.15) is 0 Å². The summed E-state index contributed by atoms with van der Waals surface area (Å²) in [5.41, 5.74) is 0. The summed E-state index contributed by atoms with van der Waals surface area (Å²) in [4.78, 5) is 24.3. The number of aliphatic hydroxyl groups excluding tert-OH is 1. The number of carboxylic acids is 1. The molecule has 3 atom stereocenters. The van der Waals surface area contributed by atoms with Crippen LogP contribution in [-0.2, 0) is 9.59 Å². The zero-order valence-electron chi connectivity index (χ0n) is 10.3. The molecule has 0 saturated carbocycles. The Bertz CT molecular complexity index is 328. The van der Waals surface area contributed by atoms with Gasteiger partial charge in [0.2, 0.25) is 5.91 Å². The first-order chi connectivity index (χ1) is 8.58. The number of nitrogens with one attached hydrogen (secondary N) is 1. The molecule has 0 spiro atoms. The Hall–Kier alpha value is -1.14. The van der Waals surface area contributed by atoms with Gasteiger partial charge in [-0.05, 0) is 31.8 Å². The molecule has 2 saturated heterocycles. The Morgan fingerprint density at radius 1 is 1.39 bits per heavy atom. The highest BCUT2D eigenvalue weighted by atomic mass is 16.4. The van der Waals surface area contributed by atoms with E-state index in [4.69, 9.17) is 5.11 Å². The van der Waals surface area contributed by atoms with Gasteiger partial charge in [-0.25, -0.2) is 4.79 Å². The number of likely N-dealkylation sites (tertiary alicyclic amines) is 1. The highest BCUT2D eigenvalue weighted by Crippen LogP contribution is 2.21. The molecule has 6 nitrogen and oxygen atoms in total. The van der Waals surface area contributed by atoms with E-state index in [9.17, 15) is 14.7 Å². The summed E-state index contributed by atoms with van der Waals surface area (Å²) in [6.07, 6.45) is 1.70. The molecule has 0 aliphatic carbocycles. The highest BCUT2D eigenvalue weighted by Gasteiger charge is 2.38. The second kappa shape index (κ2) is 5.67. The SMILES string of the molecule is O=C(O)[C@@H]1C[C@H](O)CN1C(=O)CCC1CCNC1. The van der Waals surface area contributed by atoms with E-state index in [0.29, 0.717) is 12.3 Å². The summed E-state index contributed by atoms with van der Waals surface area (Å²) < 4.78 is 0. The molecule has 0 aromatic rings. The van der Waals surface area contributed by atoms with Crippen molar-refractivity contribution in [3.05, 3.63) is 0 Å². The van der Waals surface area contributed by atoms with E-state index >= 15 is 0 Å². The van der Waals surface area contributed by atoms with Crippen LogP contribution in [0.3, 0.4) is 0 Å². The normalized spacial score (nSPS) is 31.8. The van der Waals surface area contributed by atoms with Crippen LogP contribution >= 0.6 is 0 Å². The summed E-state index contributed by atoms with van der Waals surface area (Å²) in [5.74, 6) is -0.655. The van der Waals surface area contributed by atoms with Crippen molar-refractivity contribution in [2.45, 2.75) is 37.8 Å². The fourth-order valence-corrected chi connectivity index (χ4v) is 2.76. The Morgan fingerprint density at radius 3 is 2.78 bits per heavy atom. The lowest BCUT2D eigenvalue weighted by Crippen LogP contribution is -2.40. The molecule has 2 rings (SSSR count). The van der Waals surface area contributed by atoms with Crippen molar-refractivity contribution in [2.24, 2.45) is 5.92 Å². The molecule has 2 aliphatic heterocycles. The van der Waals surface area contributed by atoms with Crippen molar-refractivity contribution < 1.29 is 19.8 Å². The van der Waals surface area contributed by atoms with Crippen molar-refractivity contribution in [3.63, 3.8) is 0 Å². The summed E-state index contributed by atoms with van der Waals surface area (Å²) in [6.45, 7) is 2.09. The fourth-order valence-electron chi connectivity index (χ4n) is 2.76. The zero-order chi connectivity index (χ0) is 13.1. The van der Waals surface area contributed by atoms with E-state index in [-0.39, 0.29) is 18.9 Å². The molecular weight excluding hydrogens is 236 g/mol. The molecular formula is C12H20N2O4. The minimum Gasteiger partial charge on any atom is -0.480 e. The van der Waals surface area contributed by atoms with Crippen LogP contribution in [0.25, 0.3) is 0 Å². The molecule has 0 bridgehead atoms. The van der Waals surface area contributed by atoms with Crippen molar-refractivity contribution >= 4 is 11.9 Å².